The fourth-order valence-corrected chi connectivity index (χ4v) is 4.15. The summed E-state index contributed by atoms with van der Waals surface area (Å²) in [6.45, 7) is 6.09. The van der Waals surface area contributed by atoms with Crippen LogP contribution >= 0.6 is 0 Å². The third-order valence-electron chi connectivity index (χ3n) is 3.94. The van der Waals surface area contributed by atoms with Crippen LogP contribution in [0, 0.1) is 0 Å². The lowest BCUT2D eigenvalue weighted by Gasteiger charge is -2.18. The van der Waals surface area contributed by atoms with Crippen LogP contribution in [0.2, 0.25) is 0 Å². The predicted octanol–water partition coefficient (Wildman–Crippen LogP) is 4.59. The van der Waals surface area contributed by atoms with Gasteiger partial charge in [-0.15, -0.1) is 0 Å². The van der Waals surface area contributed by atoms with Gasteiger partial charge in [0.1, 0.15) is 11.0 Å². The van der Waals surface area contributed by atoms with Crippen LogP contribution in [0.4, 0.5) is 0 Å². The van der Waals surface area contributed by atoms with Crippen molar-refractivity contribution in [2.75, 3.05) is 0 Å². The van der Waals surface area contributed by atoms with Gasteiger partial charge in [0.25, 0.3) is 0 Å². The smallest absolute Gasteiger partial charge is 0.101 e. The summed E-state index contributed by atoms with van der Waals surface area (Å²) in [6, 6.07) is 21.0. The monoisotopic (exact) mass is 325 g/mol. The molecule has 2 aromatic carbocycles. The second kappa shape index (κ2) is 6.42. The van der Waals surface area contributed by atoms with Crippen LogP contribution in [0.1, 0.15) is 37.9 Å². The molecule has 1 aliphatic rings. The second-order valence-electron chi connectivity index (χ2n) is 6.84. The summed E-state index contributed by atoms with van der Waals surface area (Å²) in [4.78, 5) is 0. The Labute approximate surface area is 141 Å². The summed E-state index contributed by atoms with van der Waals surface area (Å²) in [5.41, 5.74) is 2.40. The highest BCUT2D eigenvalue weighted by Crippen LogP contribution is 2.47. The summed E-state index contributed by atoms with van der Waals surface area (Å²) in [6.07, 6.45) is 4.30. The number of rotatable bonds is 4. The molecule has 120 valence electrons. The Hall–Kier alpha value is -1.71. The van der Waals surface area contributed by atoms with E-state index in [1.165, 1.54) is 11.1 Å². The van der Waals surface area contributed by atoms with Crippen LogP contribution in [-0.4, -0.2) is 19.3 Å². The molecule has 0 amide bonds. The minimum absolute atomic E-state index is 0.192. The Kier molecular flexibility index (Phi) is 4.51. The maximum Gasteiger partial charge on any atom is 0.101 e. The molecule has 0 N–H and O–H groups in total. The van der Waals surface area contributed by atoms with Crippen molar-refractivity contribution in [3.8, 4) is 0 Å². The van der Waals surface area contributed by atoms with E-state index in [0.29, 0.717) is 0 Å². The Bertz CT molecular complexity index is 703. The Morgan fingerprint density at radius 1 is 0.957 bits per heavy atom. The van der Waals surface area contributed by atoms with Crippen molar-refractivity contribution in [1.29, 1.82) is 0 Å². The minimum atomic E-state index is -1.01. The van der Waals surface area contributed by atoms with E-state index in [2.05, 4.69) is 40.7 Å². The number of benzene rings is 2. The number of hydrogen-bond acceptors (Lipinski definition) is 1. The van der Waals surface area contributed by atoms with Crippen LogP contribution in [0.3, 0.4) is 0 Å². The summed E-state index contributed by atoms with van der Waals surface area (Å²) in [5.74, 6) is 0. The van der Waals surface area contributed by atoms with E-state index in [4.69, 9.17) is 0 Å². The van der Waals surface area contributed by atoms with E-state index in [-0.39, 0.29) is 16.8 Å². The first-order chi connectivity index (χ1) is 11.0. The highest BCUT2D eigenvalue weighted by Gasteiger charge is 2.52. The van der Waals surface area contributed by atoms with Gasteiger partial charge in [0.15, 0.2) is 0 Å². The zero-order valence-corrected chi connectivity index (χ0v) is 14.7. The Morgan fingerprint density at radius 3 is 2.09 bits per heavy atom. The van der Waals surface area contributed by atoms with Crippen molar-refractivity contribution in [3.05, 3.63) is 77.9 Å². The molecule has 0 aromatic heterocycles. The second-order valence-corrected chi connectivity index (χ2v) is 8.98. The Morgan fingerprint density at radius 2 is 1.52 bits per heavy atom. The van der Waals surface area contributed by atoms with Crippen molar-refractivity contribution in [2.24, 2.45) is 0 Å². The molecular weight excluding hydrogens is 302 g/mol. The van der Waals surface area contributed by atoms with Crippen molar-refractivity contribution in [1.82, 2.24) is 4.31 Å². The van der Waals surface area contributed by atoms with Crippen LogP contribution in [0.25, 0.3) is 6.08 Å². The highest BCUT2D eigenvalue weighted by atomic mass is 32.2. The third kappa shape index (κ3) is 3.62. The van der Waals surface area contributed by atoms with Gasteiger partial charge < -0.3 is 0 Å². The molecule has 1 heterocycles. The summed E-state index contributed by atoms with van der Waals surface area (Å²) in [7, 11) is -1.01. The van der Waals surface area contributed by atoms with Crippen molar-refractivity contribution < 1.29 is 4.21 Å². The maximum atomic E-state index is 12.8. The molecule has 0 saturated carbocycles. The molecule has 0 radical (unpaired) electrons. The Balaban J connectivity index is 1.84. The van der Waals surface area contributed by atoms with E-state index in [9.17, 15) is 4.21 Å². The van der Waals surface area contributed by atoms with Crippen LogP contribution < -0.4 is 0 Å². The zero-order valence-electron chi connectivity index (χ0n) is 13.8. The van der Waals surface area contributed by atoms with E-state index in [1.807, 2.05) is 57.2 Å². The van der Waals surface area contributed by atoms with Crippen LogP contribution in [-0.2, 0) is 11.0 Å². The fourth-order valence-electron chi connectivity index (χ4n) is 2.72. The topological polar surface area (TPSA) is 20.1 Å². The van der Waals surface area contributed by atoms with Gasteiger partial charge in [-0.1, -0.05) is 72.8 Å². The van der Waals surface area contributed by atoms with Gasteiger partial charge in [0.2, 0.25) is 0 Å². The SMILES string of the molecule is CC(C)(C)[S@@](=O)N1C(/C=C/c2ccccc2)C1c1ccccc1. The molecule has 0 spiro atoms. The van der Waals surface area contributed by atoms with Crippen molar-refractivity contribution in [3.63, 3.8) is 0 Å². The molecule has 3 unspecified atom stereocenters. The summed E-state index contributed by atoms with van der Waals surface area (Å²) < 4.78 is 14.7. The average molecular weight is 325 g/mol. The van der Waals surface area contributed by atoms with Crippen molar-refractivity contribution >= 4 is 17.1 Å². The normalized spacial score (nSPS) is 25.4. The minimum Gasteiger partial charge on any atom is -0.242 e. The molecule has 1 saturated heterocycles. The van der Waals surface area contributed by atoms with Gasteiger partial charge in [-0.3, -0.25) is 0 Å². The standard InChI is InChI=1S/C20H23NOS/c1-20(2,3)23(22)21-18(15-14-16-10-6-4-7-11-16)19(21)17-12-8-5-9-13-17/h4-15,18-19H,1-3H3/b15-14+/t18?,19?,21?,23-/m1/s1. The van der Waals surface area contributed by atoms with Crippen molar-refractivity contribution in [2.45, 2.75) is 37.6 Å². The summed E-state index contributed by atoms with van der Waals surface area (Å²) >= 11 is 0. The molecule has 4 atom stereocenters. The van der Waals surface area contributed by atoms with Gasteiger partial charge in [-0.05, 0) is 31.9 Å². The first-order valence-electron chi connectivity index (χ1n) is 7.97. The molecule has 1 fully saturated rings. The maximum absolute atomic E-state index is 12.8. The predicted molar refractivity (Wildman–Crippen MR) is 98.2 cm³/mol. The van der Waals surface area contributed by atoms with E-state index < -0.39 is 11.0 Å². The van der Waals surface area contributed by atoms with Crippen LogP contribution in [0.15, 0.2) is 66.7 Å². The van der Waals surface area contributed by atoms with Gasteiger partial charge in [-0.25, -0.2) is 8.51 Å². The molecule has 23 heavy (non-hydrogen) atoms. The fraction of sp³-hybridized carbons (Fsp3) is 0.300. The molecule has 2 aromatic rings. The molecular formula is C20H23NOS. The van der Waals surface area contributed by atoms with Gasteiger partial charge in [-0.2, -0.15) is 0 Å². The van der Waals surface area contributed by atoms with E-state index in [0.717, 1.165) is 0 Å². The molecule has 3 rings (SSSR count). The average Bonchev–Trinajstić information content (AvgIpc) is 3.27. The highest BCUT2D eigenvalue weighted by molar-refractivity contribution is 7.84. The molecule has 1 aliphatic heterocycles. The van der Waals surface area contributed by atoms with Gasteiger partial charge in [0.05, 0.1) is 16.8 Å². The lowest BCUT2D eigenvalue weighted by atomic mass is 10.1. The summed E-state index contributed by atoms with van der Waals surface area (Å²) in [5, 5.41) is 0. The molecule has 3 heteroatoms. The van der Waals surface area contributed by atoms with E-state index in [1.54, 1.807) is 0 Å². The van der Waals surface area contributed by atoms with Gasteiger partial charge >= 0.3 is 0 Å². The first kappa shape index (κ1) is 16.2. The first-order valence-corrected chi connectivity index (χ1v) is 9.08. The number of hydrogen-bond donors (Lipinski definition) is 0. The largest absolute Gasteiger partial charge is 0.242 e. The lowest BCUT2D eigenvalue weighted by molar-refractivity contribution is 0.603. The quantitative estimate of drug-likeness (QED) is 0.753. The van der Waals surface area contributed by atoms with Crippen LogP contribution in [0.5, 0.6) is 0 Å². The zero-order chi connectivity index (χ0) is 16.4. The third-order valence-corrected chi connectivity index (χ3v) is 5.84. The van der Waals surface area contributed by atoms with E-state index >= 15 is 0 Å². The molecule has 2 nitrogen and oxygen atoms in total. The lowest BCUT2D eigenvalue weighted by Crippen LogP contribution is -2.28. The molecule has 0 aliphatic carbocycles. The number of nitrogens with zero attached hydrogens (tertiary/aromatic N) is 1. The van der Waals surface area contributed by atoms with Gasteiger partial charge in [0, 0.05) is 0 Å². The molecule has 0 bridgehead atoms.